The molecule has 1 aromatic rings. The number of hydrogen-bond acceptors (Lipinski definition) is 6. The molecule has 2 fully saturated rings. The van der Waals surface area contributed by atoms with Crippen molar-refractivity contribution in [3.63, 3.8) is 0 Å². The van der Waals surface area contributed by atoms with Gasteiger partial charge in [-0.2, -0.15) is 0 Å². The maximum Gasteiger partial charge on any atom is 0.302 e. The molecule has 2 aliphatic heterocycles. The third kappa shape index (κ3) is 3.55. The van der Waals surface area contributed by atoms with Gasteiger partial charge < -0.3 is 18.9 Å². The molecule has 0 N–H and O–H groups in total. The van der Waals surface area contributed by atoms with Crippen molar-refractivity contribution < 1.29 is 23.7 Å². The molecule has 0 amide bonds. The predicted octanol–water partition coefficient (Wildman–Crippen LogP) is 2.90. The molecule has 126 valence electrons. The van der Waals surface area contributed by atoms with Gasteiger partial charge in [0.2, 0.25) is 0 Å². The number of fused-ring (bicyclic) bond motifs is 1. The van der Waals surface area contributed by atoms with E-state index in [2.05, 4.69) is 31.2 Å². The molecule has 2 aliphatic rings. The Kier molecular flexibility index (Phi) is 4.44. The van der Waals surface area contributed by atoms with Crippen LogP contribution >= 0.6 is 11.8 Å². The van der Waals surface area contributed by atoms with Gasteiger partial charge in [0.05, 0.1) is 6.61 Å². The summed E-state index contributed by atoms with van der Waals surface area (Å²) >= 11 is 1.60. The topological polar surface area (TPSA) is 54.0 Å². The minimum absolute atomic E-state index is 0.140. The summed E-state index contributed by atoms with van der Waals surface area (Å²) in [7, 11) is 0. The third-order valence-corrected chi connectivity index (χ3v) is 5.07. The first-order chi connectivity index (χ1) is 10.8. The van der Waals surface area contributed by atoms with Gasteiger partial charge in [0.25, 0.3) is 0 Å². The predicted molar refractivity (Wildman–Crippen MR) is 86.2 cm³/mol. The van der Waals surface area contributed by atoms with E-state index in [1.165, 1.54) is 12.5 Å². The van der Waals surface area contributed by atoms with E-state index in [-0.39, 0.29) is 24.1 Å². The SMILES string of the molecule is CC(=O)OC[C@@]12CO[C@@H](Sc3ccc(C)cc3)[C@@H]1OC(C)(C)O2. The van der Waals surface area contributed by atoms with Crippen LogP contribution < -0.4 is 0 Å². The molecule has 2 saturated heterocycles. The second-order valence-corrected chi connectivity index (χ2v) is 7.67. The lowest BCUT2D eigenvalue weighted by atomic mass is 10.0. The van der Waals surface area contributed by atoms with Crippen molar-refractivity contribution >= 4 is 17.7 Å². The molecule has 0 bridgehead atoms. The van der Waals surface area contributed by atoms with Gasteiger partial charge in [-0.1, -0.05) is 29.5 Å². The first-order valence-corrected chi connectivity index (χ1v) is 8.54. The number of thioether (sulfide) groups is 1. The summed E-state index contributed by atoms with van der Waals surface area (Å²) in [6, 6.07) is 8.27. The zero-order valence-electron chi connectivity index (χ0n) is 13.8. The van der Waals surface area contributed by atoms with E-state index in [4.69, 9.17) is 18.9 Å². The number of carbonyl (C=O) groups is 1. The van der Waals surface area contributed by atoms with Crippen LogP contribution in [0.5, 0.6) is 0 Å². The molecule has 0 aliphatic carbocycles. The molecule has 23 heavy (non-hydrogen) atoms. The zero-order chi connectivity index (χ0) is 16.7. The van der Waals surface area contributed by atoms with E-state index in [1.54, 1.807) is 11.8 Å². The molecule has 0 saturated carbocycles. The summed E-state index contributed by atoms with van der Waals surface area (Å²) in [4.78, 5) is 12.3. The summed E-state index contributed by atoms with van der Waals surface area (Å²) in [6.45, 7) is 7.67. The minimum atomic E-state index is -0.739. The lowest BCUT2D eigenvalue weighted by Gasteiger charge is -2.26. The molecule has 0 aromatic heterocycles. The molecule has 1 aromatic carbocycles. The van der Waals surface area contributed by atoms with Crippen molar-refractivity contribution in [2.24, 2.45) is 0 Å². The molecular formula is C17H22O5S. The van der Waals surface area contributed by atoms with Crippen LogP contribution in [0.25, 0.3) is 0 Å². The fourth-order valence-electron chi connectivity index (χ4n) is 2.93. The van der Waals surface area contributed by atoms with E-state index in [1.807, 2.05) is 13.8 Å². The number of esters is 1. The Morgan fingerprint density at radius 3 is 2.70 bits per heavy atom. The highest BCUT2D eigenvalue weighted by molar-refractivity contribution is 7.99. The van der Waals surface area contributed by atoms with Gasteiger partial charge in [0.15, 0.2) is 11.4 Å². The number of aryl methyl sites for hydroxylation is 1. The fourth-order valence-corrected chi connectivity index (χ4v) is 4.06. The van der Waals surface area contributed by atoms with Crippen LogP contribution in [0.1, 0.15) is 26.3 Å². The quantitative estimate of drug-likeness (QED) is 0.787. The molecule has 3 rings (SSSR count). The van der Waals surface area contributed by atoms with E-state index in [0.717, 1.165) is 4.90 Å². The first kappa shape index (κ1) is 16.8. The van der Waals surface area contributed by atoms with Crippen molar-refractivity contribution in [1.29, 1.82) is 0 Å². The van der Waals surface area contributed by atoms with Crippen molar-refractivity contribution in [2.75, 3.05) is 13.2 Å². The number of rotatable bonds is 4. The molecule has 6 heteroatoms. The van der Waals surface area contributed by atoms with Crippen LogP contribution in [0.3, 0.4) is 0 Å². The van der Waals surface area contributed by atoms with Crippen molar-refractivity contribution in [2.45, 2.75) is 55.5 Å². The second-order valence-electron chi connectivity index (χ2n) is 6.50. The largest absolute Gasteiger partial charge is 0.463 e. The molecule has 0 radical (unpaired) electrons. The van der Waals surface area contributed by atoms with E-state index < -0.39 is 11.4 Å². The van der Waals surface area contributed by atoms with E-state index >= 15 is 0 Å². The monoisotopic (exact) mass is 338 g/mol. The summed E-state index contributed by atoms with van der Waals surface area (Å²) in [6.07, 6.45) is -0.289. The zero-order valence-corrected chi connectivity index (χ0v) is 14.6. The van der Waals surface area contributed by atoms with E-state index in [9.17, 15) is 4.79 Å². The molecule has 2 heterocycles. The number of ether oxygens (including phenoxy) is 4. The molecule has 5 nitrogen and oxygen atoms in total. The summed E-state index contributed by atoms with van der Waals surface area (Å²) < 4.78 is 23.2. The average molecular weight is 338 g/mol. The lowest BCUT2D eigenvalue weighted by Crippen LogP contribution is -2.45. The molecule has 0 unspecified atom stereocenters. The van der Waals surface area contributed by atoms with Crippen LogP contribution in [0.15, 0.2) is 29.2 Å². The Labute approximate surface area is 140 Å². The molecule has 3 atom stereocenters. The van der Waals surface area contributed by atoms with Crippen LogP contribution in [0.2, 0.25) is 0 Å². The lowest BCUT2D eigenvalue weighted by molar-refractivity contribution is -0.194. The van der Waals surface area contributed by atoms with Crippen LogP contribution in [-0.4, -0.2) is 42.1 Å². The second kappa shape index (κ2) is 6.09. The Morgan fingerprint density at radius 2 is 2.04 bits per heavy atom. The van der Waals surface area contributed by atoms with Gasteiger partial charge in [0, 0.05) is 11.8 Å². The maximum atomic E-state index is 11.2. The average Bonchev–Trinajstić information content (AvgIpc) is 2.91. The van der Waals surface area contributed by atoms with Gasteiger partial charge in [-0.15, -0.1) is 0 Å². The van der Waals surface area contributed by atoms with Crippen LogP contribution in [0.4, 0.5) is 0 Å². The van der Waals surface area contributed by atoms with Gasteiger partial charge in [-0.25, -0.2) is 0 Å². The van der Waals surface area contributed by atoms with Crippen molar-refractivity contribution in [3.8, 4) is 0 Å². The van der Waals surface area contributed by atoms with Crippen molar-refractivity contribution in [1.82, 2.24) is 0 Å². The Hall–Kier alpha value is -1.08. The highest BCUT2D eigenvalue weighted by Crippen LogP contribution is 2.47. The Balaban J connectivity index is 1.76. The van der Waals surface area contributed by atoms with Gasteiger partial charge in [0.1, 0.15) is 18.1 Å². The standard InChI is InChI=1S/C17H22O5S/c1-11-5-7-13(8-6-11)23-15-14-17(10-20-15,9-19-12(2)18)22-16(3,4)21-14/h5-8,14-15H,9-10H2,1-4H3/t14-,15-,17+/m0/s1. The normalized spacial score (nSPS) is 31.8. The highest BCUT2D eigenvalue weighted by Gasteiger charge is 2.62. The smallest absolute Gasteiger partial charge is 0.302 e. The minimum Gasteiger partial charge on any atom is -0.463 e. The van der Waals surface area contributed by atoms with E-state index in [0.29, 0.717) is 6.61 Å². The Bertz CT molecular complexity index is 585. The fraction of sp³-hybridized carbons (Fsp3) is 0.588. The summed E-state index contributed by atoms with van der Waals surface area (Å²) in [5.41, 5.74) is 0.278. The number of hydrogen-bond donors (Lipinski definition) is 0. The number of carbonyl (C=O) groups excluding carboxylic acids is 1. The number of benzene rings is 1. The van der Waals surface area contributed by atoms with Crippen LogP contribution in [-0.2, 0) is 23.7 Å². The van der Waals surface area contributed by atoms with Gasteiger partial charge >= 0.3 is 5.97 Å². The van der Waals surface area contributed by atoms with Gasteiger partial charge in [-0.3, -0.25) is 4.79 Å². The van der Waals surface area contributed by atoms with Crippen molar-refractivity contribution in [3.05, 3.63) is 29.8 Å². The summed E-state index contributed by atoms with van der Waals surface area (Å²) in [5, 5.41) is 0. The van der Waals surface area contributed by atoms with Crippen LogP contribution in [0, 0.1) is 6.92 Å². The Morgan fingerprint density at radius 1 is 1.35 bits per heavy atom. The third-order valence-electron chi connectivity index (χ3n) is 3.91. The molecule has 0 spiro atoms. The van der Waals surface area contributed by atoms with Gasteiger partial charge in [-0.05, 0) is 32.9 Å². The summed E-state index contributed by atoms with van der Waals surface area (Å²) in [5.74, 6) is -1.05. The molecular weight excluding hydrogens is 316 g/mol. The maximum absolute atomic E-state index is 11.2. The highest BCUT2D eigenvalue weighted by atomic mass is 32.2. The first-order valence-electron chi connectivity index (χ1n) is 7.66.